The molecule has 0 saturated carbocycles. The molecule has 36 heavy (non-hydrogen) atoms. The number of nitrogens with one attached hydrogen (secondary N) is 1. The van der Waals surface area contributed by atoms with Gasteiger partial charge in [0.05, 0.1) is 17.1 Å². The van der Waals surface area contributed by atoms with Crippen LogP contribution in [-0.4, -0.2) is 60.5 Å². The number of anilines is 3. The second-order valence-electron chi connectivity index (χ2n) is 7.73. The van der Waals surface area contributed by atoms with Gasteiger partial charge in [0, 0.05) is 36.9 Å². The maximum atomic E-state index is 13.1. The Bertz CT molecular complexity index is 1330. The number of halogens is 4. The first-order valence-corrected chi connectivity index (χ1v) is 12.7. The zero-order chi connectivity index (χ0) is 25.9. The predicted octanol–water partition coefficient (Wildman–Crippen LogP) is 4.20. The quantitative estimate of drug-likeness (QED) is 0.474. The summed E-state index contributed by atoms with van der Waals surface area (Å²) in [6.45, 7) is 2.89. The fourth-order valence-corrected chi connectivity index (χ4v) is 5.27. The van der Waals surface area contributed by atoms with Gasteiger partial charge in [-0.15, -0.1) is 0 Å². The smallest absolute Gasteiger partial charge is 0.416 e. The molecule has 3 aromatic rings. The fraction of sp³-hybridized carbons (Fsp3) is 0.318. The molecular weight excluding hydrogens is 521 g/mol. The van der Waals surface area contributed by atoms with Crippen molar-refractivity contribution in [2.75, 3.05) is 43.0 Å². The van der Waals surface area contributed by atoms with Crippen LogP contribution in [0.1, 0.15) is 12.5 Å². The zero-order valence-corrected chi connectivity index (χ0v) is 20.6. The van der Waals surface area contributed by atoms with Gasteiger partial charge in [0.2, 0.25) is 21.9 Å². The molecular formula is C22H22ClF3N6O3S. The molecule has 1 aromatic heterocycles. The average Bonchev–Trinajstić information content (AvgIpc) is 2.84. The van der Waals surface area contributed by atoms with Gasteiger partial charge in [-0.2, -0.15) is 32.4 Å². The number of rotatable bonds is 7. The Morgan fingerprint density at radius 1 is 1.03 bits per heavy atom. The lowest BCUT2D eigenvalue weighted by Gasteiger charge is -2.34. The van der Waals surface area contributed by atoms with Crippen molar-refractivity contribution in [3.63, 3.8) is 0 Å². The first-order chi connectivity index (χ1) is 17.1. The van der Waals surface area contributed by atoms with Gasteiger partial charge in [0.25, 0.3) is 0 Å². The van der Waals surface area contributed by atoms with Gasteiger partial charge in [-0.25, -0.2) is 8.42 Å². The van der Waals surface area contributed by atoms with Gasteiger partial charge in [-0.1, -0.05) is 23.7 Å². The highest BCUT2D eigenvalue weighted by atomic mass is 35.5. The Hall–Kier alpha value is -3.16. The molecule has 1 aliphatic heterocycles. The normalized spacial score (nSPS) is 15.1. The van der Waals surface area contributed by atoms with Crippen LogP contribution in [0.25, 0.3) is 0 Å². The predicted molar refractivity (Wildman–Crippen MR) is 128 cm³/mol. The van der Waals surface area contributed by atoms with Gasteiger partial charge in [-0.05, 0) is 43.3 Å². The summed E-state index contributed by atoms with van der Waals surface area (Å²) in [5.74, 6) is 0.208. The Morgan fingerprint density at radius 2 is 1.75 bits per heavy atom. The van der Waals surface area contributed by atoms with Gasteiger partial charge >= 0.3 is 12.2 Å². The molecule has 192 valence electrons. The lowest BCUT2D eigenvalue weighted by Crippen LogP contribution is -2.49. The molecule has 0 atom stereocenters. The minimum Gasteiger partial charge on any atom is -0.464 e. The van der Waals surface area contributed by atoms with E-state index in [1.807, 2.05) is 0 Å². The third kappa shape index (κ3) is 5.97. The number of hydrogen-bond acceptors (Lipinski definition) is 8. The van der Waals surface area contributed by atoms with Gasteiger partial charge < -0.3 is 15.0 Å². The minimum atomic E-state index is -4.50. The first kappa shape index (κ1) is 25.9. The Kier molecular flexibility index (Phi) is 7.52. The SMILES string of the molecule is CCOc1nc(Nc2cccc(C(F)(F)F)c2)nc(N2CCN(S(=O)(=O)c3cccc(Cl)c3)CC2)n1. The second-order valence-corrected chi connectivity index (χ2v) is 10.1. The van der Waals surface area contributed by atoms with Crippen molar-refractivity contribution in [1.29, 1.82) is 0 Å². The number of sulfonamides is 1. The topological polar surface area (TPSA) is 101 Å². The van der Waals surface area contributed by atoms with E-state index in [0.717, 1.165) is 12.1 Å². The van der Waals surface area contributed by atoms with Crippen LogP contribution < -0.4 is 15.0 Å². The molecule has 0 unspecified atom stereocenters. The summed E-state index contributed by atoms with van der Waals surface area (Å²) in [5.41, 5.74) is -0.675. The molecule has 2 aromatic carbocycles. The third-order valence-electron chi connectivity index (χ3n) is 5.28. The van der Waals surface area contributed by atoms with Crippen molar-refractivity contribution in [2.45, 2.75) is 18.0 Å². The monoisotopic (exact) mass is 542 g/mol. The van der Waals surface area contributed by atoms with E-state index in [4.69, 9.17) is 16.3 Å². The molecule has 1 aliphatic rings. The molecule has 1 saturated heterocycles. The van der Waals surface area contributed by atoms with Crippen molar-refractivity contribution in [1.82, 2.24) is 19.3 Å². The first-order valence-electron chi connectivity index (χ1n) is 10.9. The van der Waals surface area contributed by atoms with E-state index < -0.39 is 21.8 Å². The summed E-state index contributed by atoms with van der Waals surface area (Å²) in [7, 11) is -3.73. The molecule has 0 bridgehead atoms. The standard InChI is InChI=1S/C22H22ClF3N6O3S/c1-2-35-21-29-19(27-17-7-3-5-15(13-17)22(24,25)26)28-20(30-21)31-9-11-32(12-10-31)36(33,34)18-8-4-6-16(23)14-18/h3-8,13-14H,2,9-12H2,1H3,(H,27,28,29,30). The molecule has 1 N–H and O–H groups in total. The maximum Gasteiger partial charge on any atom is 0.416 e. The van der Waals surface area contributed by atoms with Crippen LogP contribution in [0, 0.1) is 0 Å². The summed E-state index contributed by atoms with van der Waals surface area (Å²) in [4.78, 5) is 14.6. The van der Waals surface area contributed by atoms with Crippen LogP contribution in [0.15, 0.2) is 53.4 Å². The van der Waals surface area contributed by atoms with Crippen molar-refractivity contribution in [3.8, 4) is 6.01 Å². The van der Waals surface area contributed by atoms with Gasteiger partial charge in [0.1, 0.15) is 0 Å². The van der Waals surface area contributed by atoms with Crippen molar-refractivity contribution in [3.05, 3.63) is 59.1 Å². The number of aromatic nitrogens is 3. The van der Waals surface area contributed by atoms with Gasteiger partial charge in [-0.3, -0.25) is 0 Å². The maximum absolute atomic E-state index is 13.1. The third-order valence-corrected chi connectivity index (χ3v) is 7.41. The Balaban J connectivity index is 1.53. The number of nitrogens with zero attached hydrogens (tertiary/aromatic N) is 5. The fourth-order valence-electron chi connectivity index (χ4n) is 3.54. The molecule has 2 heterocycles. The van der Waals surface area contributed by atoms with E-state index in [1.54, 1.807) is 24.0 Å². The second kappa shape index (κ2) is 10.4. The van der Waals surface area contributed by atoms with Crippen molar-refractivity contribution < 1.29 is 26.3 Å². The van der Waals surface area contributed by atoms with Crippen LogP contribution in [0.4, 0.5) is 30.8 Å². The molecule has 0 spiro atoms. The highest BCUT2D eigenvalue weighted by Gasteiger charge is 2.31. The van der Waals surface area contributed by atoms with Crippen LogP contribution in [0.5, 0.6) is 6.01 Å². The highest BCUT2D eigenvalue weighted by Crippen LogP contribution is 2.31. The van der Waals surface area contributed by atoms with E-state index in [2.05, 4.69) is 20.3 Å². The van der Waals surface area contributed by atoms with E-state index in [1.165, 1.54) is 28.6 Å². The number of ether oxygens (including phenoxy) is 1. The molecule has 9 nitrogen and oxygen atoms in total. The Morgan fingerprint density at radius 3 is 2.42 bits per heavy atom. The largest absolute Gasteiger partial charge is 0.464 e. The number of alkyl halides is 3. The summed E-state index contributed by atoms with van der Waals surface area (Å²) in [6, 6.07) is 10.7. The molecule has 0 aliphatic carbocycles. The number of hydrogen-bond donors (Lipinski definition) is 1. The summed E-state index contributed by atoms with van der Waals surface area (Å²) in [6.07, 6.45) is -4.50. The lowest BCUT2D eigenvalue weighted by molar-refractivity contribution is -0.137. The molecule has 0 amide bonds. The number of piperazine rings is 1. The summed E-state index contributed by atoms with van der Waals surface area (Å²) in [5, 5.41) is 3.09. The van der Waals surface area contributed by atoms with E-state index >= 15 is 0 Å². The average molecular weight is 543 g/mol. The molecule has 4 rings (SSSR count). The van der Waals surface area contributed by atoms with E-state index in [0.29, 0.717) is 5.02 Å². The van der Waals surface area contributed by atoms with Crippen LogP contribution in [-0.2, 0) is 16.2 Å². The lowest BCUT2D eigenvalue weighted by atomic mass is 10.2. The summed E-state index contributed by atoms with van der Waals surface area (Å²) < 4.78 is 71.9. The van der Waals surface area contributed by atoms with E-state index in [9.17, 15) is 21.6 Å². The van der Waals surface area contributed by atoms with Crippen molar-refractivity contribution >= 4 is 39.2 Å². The van der Waals surface area contributed by atoms with Crippen LogP contribution in [0.3, 0.4) is 0 Å². The van der Waals surface area contributed by atoms with Crippen LogP contribution in [0.2, 0.25) is 5.02 Å². The minimum absolute atomic E-state index is 0.00301. The Labute approximate surface area is 210 Å². The summed E-state index contributed by atoms with van der Waals surface area (Å²) >= 11 is 5.95. The van der Waals surface area contributed by atoms with Gasteiger partial charge in [0.15, 0.2) is 0 Å². The van der Waals surface area contributed by atoms with E-state index in [-0.39, 0.29) is 61.3 Å². The molecule has 1 fully saturated rings. The molecule has 14 heteroatoms. The highest BCUT2D eigenvalue weighted by molar-refractivity contribution is 7.89. The van der Waals surface area contributed by atoms with Crippen molar-refractivity contribution in [2.24, 2.45) is 0 Å². The van der Waals surface area contributed by atoms with Crippen LogP contribution >= 0.6 is 11.6 Å². The number of benzene rings is 2. The molecule has 0 radical (unpaired) electrons. The zero-order valence-electron chi connectivity index (χ0n) is 19.0.